The van der Waals surface area contributed by atoms with Crippen molar-refractivity contribution in [3.8, 4) is 0 Å². The highest BCUT2D eigenvalue weighted by Gasteiger charge is 2.05. The summed E-state index contributed by atoms with van der Waals surface area (Å²) in [6.07, 6.45) is 0. The highest BCUT2D eigenvalue weighted by Crippen LogP contribution is 2.28. The molecule has 62 valence electrons. The molecule has 0 unspecified atom stereocenters. The summed E-state index contributed by atoms with van der Waals surface area (Å²) in [4.78, 5) is 10.2. The summed E-state index contributed by atoms with van der Waals surface area (Å²) in [5.41, 5.74) is 5.35. The van der Waals surface area contributed by atoms with Crippen LogP contribution in [-0.4, -0.2) is 5.97 Å². The third-order valence-electron chi connectivity index (χ3n) is 0.968. The zero-order chi connectivity index (χ0) is 7.72. The smallest absolute Gasteiger partial charge is 0.0836 e. The first-order chi connectivity index (χ1) is 4.63. The lowest BCUT2D eigenvalue weighted by atomic mass is 10.4. The van der Waals surface area contributed by atoms with Gasteiger partial charge < -0.3 is 15.6 Å². The first-order valence-corrected chi connectivity index (χ1v) is 3.62. The van der Waals surface area contributed by atoms with Crippen molar-refractivity contribution >= 4 is 47.0 Å². The van der Waals surface area contributed by atoms with Crippen LogP contribution >= 0.6 is 35.3 Å². The topological polar surface area (TPSA) is 66.2 Å². The van der Waals surface area contributed by atoms with Crippen molar-refractivity contribution in [1.29, 1.82) is 0 Å². The summed E-state index contributed by atoms with van der Waals surface area (Å²) in [6.45, 7) is 0. The normalized spacial score (nSPS) is 8.82. The van der Waals surface area contributed by atoms with E-state index in [-0.39, 0.29) is 28.0 Å². The Morgan fingerprint density at radius 1 is 1.73 bits per heavy atom. The summed E-state index contributed by atoms with van der Waals surface area (Å²) >= 11 is 6.43. The minimum atomic E-state index is -1.28. The Balaban J connectivity index is 0.000001000. The second-order valence-electron chi connectivity index (χ2n) is 1.61. The predicted octanol–water partition coefficient (Wildman–Crippen LogP) is 0.769. The predicted molar refractivity (Wildman–Crippen MR) is 45.3 cm³/mol. The molecule has 0 atom stereocenters. The van der Waals surface area contributed by atoms with Crippen LogP contribution in [0.4, 0.5) is 5.69 Å². The SMILES string of the molecule is Cl.Nc1c(Cl)csc1C(=O)[O-]. The van der Waals surface area contributed by atoms with Gasteiger partial charge in [0, 0.05) is 5.38 Å². The molecule has 0 aliphatic heterocycles. The number of rotatable bonds is 1. The van der Waals surface area contributed by atoms with Crippen molar-refractivity contribution in [2.45, 2.75) is 0 Å². The van der Waals surface area contributed by atoms with Gasteiger partial charge in [-0.1, -0.05) is 11.6 Å². The average Bonchev–Trinajstić information content (AvgIpc) is 2.14. The molecule has 0 aliphatic rings. The van der Waals surface area contributed by atoms with Crippen molar-refractivity contribution < 1.29 is 9.90 Å². The second-order valence-corrected chi connectivity index (χ2v) is 2.90. The van der Waals surface area contributed by atoms with Gasteiger partial charge in [0.25, 0.3) is 0 Å². The van der Waals surface area contributed by atoms with E-state index in [0.717, 1.165) is 11.3 Å². The molecule has 1 heterocycles. The molecule has 0 bridgehead atoms. The molecule has 0 radical (unpaired) electrons. The summed E-state index contributed by atoms with van der Waals surface area (Å²) in [7, 11) is 0. The largest absolute Gasteiger partial charge is 0.544 e. The van der Waals surface area contributed by atoms with E-state index in [1.165, 1.54) is 5.38 Å². The molecule has 0 spiro atoms. The van der Waals surface area contributed by atoms with Crippen LogP contribution in [0.2, 0.25) is 5.02 Å². The van der Waals surface area contributed by atoms with Crippen LogP contribution in [-0.2, 0) is 0 Å². The number of hydrogen-bond donors (Lipinski definition) is 1. The number of carbonyl (C=O) groups excluding carboxylic acids is 1. The van der Waals surface area contributed by atoms with Crippen molar-refractivity contribution in [1.82, 2.24) is 0 Å². The molecule has 0 amide bonds. The van der Waals surface area contributed by atoms with Gasteiger partial charge in [0.2, 0.25) is 0 Å². The summed E-state index contributed by atoms with van der Waals surface area (Å²) in [6, 6.07) is 0. The van der Waals surface area contributed by atoms with Gasteiger partial charge in [-0.15, -0.1) is 23.7 Å². The van der Waals surface area contributed by atoms with Gasteiger partial charge in [-0.2, -0.15) is 0 Å². The molecule has 0 aromatic carbocycles. The maximum atomic E-state index is 10.2. The minimum Gasteiger partial charge on any atom is -0.544 e. The van der Waals surface area contributed by atoms with Crippen LogP contribution < -0.4 is 10.8 Å². The second kappa shape index (κ2) is 3.80. The fourth-order valence-corrected chi connectivity index (χ4v) is 1.47. The van der Waals surface area contributed by atoms with Gasteiger partial charge in [-0.25, -0.2) is 0 Å². The average molecular weight is 213 g/mol. The van der Waals surface area contributed by atoms with E-state index in [1.807, 2.05) is 0 Å². The maximum Gasteiger partial charge on any atom is 0.0836 e. The van der Waals surface area contributed by atoms with Gasteiger partial charge in [0.15, 0.2) is 0 Å². The highest BCUT2D eigenvalue weighted by atomic mass is 35.5. The summed E-state index contributed by atoms with van der Waals surface area (Å²) < 4.78 is 0. The van der Waals surface area contributed by atoms with Gasteiger partial charge >= 0.3 is 0 Å². The number of nitrogens with two attached hydrogens (primary N) is 1. The number of nitrogen functional groups attached to an aromatic ring is 1. The molecule has 0 saturated carbocycles. The van der Waals surface area contributed by atoms with Gasteiger partial charge in [-0.3, -0.25) is 0 Å². The van der Waals surface area contributed by atoms with Gasteiger partial charge in [0.05, 0.1) is 21.6 Å². The van der Waals surface area contributed by atoms with Gasteiger partial charge in [0.1, 0.15) is 0 Å². The number of carboxylic acid groups (broad SMARTS) is 1. The molecule has 2 N–H and O–H groups in total. The Morgan fingerprint density at radius 3 is 2.45 bits per heavy atom. The number of hydrogen-bond acceptors (Lipinski definition) is 4. The number of halogens is 2. The van der Waals surface area contributed by atoms with Crippen LogP contribution in [0.1, 0.15) is 9.67 Å². The van der Waals surface area contributed by atoms with Crippen LogP contribution in [0.5, 0.6) is 0 Å². The van der Waals surface area contributed by atoms with Crippen LogP contribution in [0, 0.1) is 0 Å². The van der Waals surface area contributed by atoms with E-state index in [0.29, 0.717) is 0 Å². The first kappa shape index (κ1) is 10.6. The standard InChI is InChI=1S/C5H4ClNO2S.ClH/c6-2-1-10-4(3(2)7)5(8)9;/h1H,7H2,(H,8,9);1H/p-1. The summed E-state index contributed by atoms with van der Waals surface area (Å²) in [5, 5.41) is 11.9. The van der Waals surface area contributed by atoms with Crippen molar-refractivity contribution in [3.63, 3.8) is 0 Å². The zero-order valence-electron chi connectivity index (χ0n) is 5.17. The van der Waals surface area contributed by atoms with Gasteiger partial charge in [-0.05, 0) is 0 Å². The van der Waals surface area contributed by atoms with E-state index in [4.69, 9.17) is 17.3 Å². The molecule has 1 aromatic heterocycles. The van der Waals surface area contributed by atoms with E-state index >= 15 is 0 Å². The lowest BCUT2D eigenvalue weighted by Gasteiger charge is -1.97. The van der Waals surface area contributed by atoms with Crippen LogP contribution in [0.25, 0.3) is 0 Å². The zero-order valence-corrected chi connectivity index (χ0v) is 7.55. The Bertz CT molecular complexity index is 273. The molecule has 3 nitrogen and oxygen atoms in total. The molecule has 1 aromatic rings. The quantitative estimate of drug-likeness (QED) is 0.749. The number of anilines is 1. The number of carbonyl (C=O) groups is 1. The molecular weight excluding hydrogens is 209 g/mol. The monoisotopic (exact) mass is 212 g/mol. The lowest BCUT2D eigenvalue weighted by Crippen LogP contribution is -2.21. The fourth-order valence-electron chi connectivity index (χ4n) is 0.504. The Labute approximate surface area is 78.2 Å². The third-order valence-corrected chi connectivity index (χ3v) is 2.39. The molecule has 0 aliphatic carbocycles. The van der Waals surface area contributed by atoms with Crippen molar-refractivity contribution in [3.05, 3.63) is 15.3 Å². The molecule has 0 saturated heterocycles. The lowest BCUT2D eigenvalue weighted by molar-refractivity contribution is -0.254. The van der Waals surface area contributed by atoms with Crippen LogP contribution in [0.3, 0.4) is 0 Å². The van der Waals surface area contributed by atoms with Crippen LogP contribution in [0.15, 0.2) is 5.38 Å². The molecule has 11 heavy (non-hydrogen) atoms. The number of thiophene rings is 1. The Morgan fingerprint density at radius 2 is 2.27 bits per heavy atom. The summed E-state index contributed by atoms with van der Waals surface area (Å²) in [5.74, 6) is -1.28. The van der Waals surface area contributed by atoms with E-state index in [1.54, 1.807) is 0 Å². The number of aromatic carboxylic acids is 1. The third kappa shape index (κ3) is 1.99. The fraction of sp³-hybridized carbons (Fsp3) is 0. The Kier molecular flexibility index (Phi) is 3.65. The van der Waals surface area contributed by atoms with E-state index in [9.17, 15) is 9.90 Å². The maximum absolute atomic E-state index is 10.2. The first-order valence-electron chi connectivity index (χ1n) is 2.36. The molecule has 6 heteroatoms. The highest BCUT2D eigenvalue weighted by molar-refractivity contribution is 7.13. The molecule has 0 fully saturated rings. The van der Waals surface area contributed by atoms with E-state index in [2.05, 4.69) is 0 Å². The minimum absolute atomic E-state index is 0. The van der Waals surface area contributed by atoms with Crippen molar-refractivity contribution in [2.24, 2.45) is 0 Å². The van der Waals surface area contributed by atoms with Crippen molar-refractivity contribution in [2.75, 3.05) is 5.73 Å². The molecular formula is C5H4Cl2NO2S-. The van der Waals surface area contributed by atoms with E-state index < -0.39 is 5.97 Å². The number of carboxylic acids is 1. The Hall–Kier alpha value is -0.450. The molecule has 1 rings (SSSR count).